The fourth-order valence-corrected chi connectivity index (χ4v) is 4.05. The van der Waals surface area contributed by atoms with Crippen LogP contribution in [0.2, 0.25) is 0 Å². The number of hydrogen-bond acceptors (Lipinski definition) is 7. The molecule has 0 radical (unpaired) electrons. The Hall–Kier alpha value is -1.86. The summed E-state index contributed by atoms with van der Waals surface area (Å²) in [6.45, 7) is 3.28. The summed E-state index contributed by atoms with van der Waals surface area (Å²) in [5, 5.41) is 4.38. The van der Waals surface area contributed by atoms with E-state index in [1.54, 1.807) is 11.3 Å². The fraction of sp³-hybridized carbons (Fsp3) is 0.529. The zero-order chi connectivity index (χ0) is 16.5. The predicted octanol–water partition coefficient (Wildman–Crippen LogP) is 2.50. The topological polar surface area (TPSA) is 63.7 Å². The fourth-order valence-electron chi connectivity index (χ4n) is 3.00. The van der Waals surface area contributed by atoms with E-state index in [9.17, 15) is 4.79 Å². The minimum atomic E-state index is -0.251. The van der Waals surface area contributed by atoms with Gasteiger partial charge >= 0.3 is 5.97 Å². The smallest absolute Gasteiger partial charge is 0.328 e. The second-order valence-electron chi connectivity index (χ2n) is 6.26. The van der Waals surface area contributed by atoms with E-state index < -0.39 is 0 Å². The van der Waals surface area contributed by atoms with Crippen molar-refractivity contribution in [3.63, 3.8) is 0 Å². The van der Waals surface area contributed by atoms with Gasteiger partial charge in [0.05, 0.1) is 30.5 Å². The van der Waals surface area contributed by atoms with Crippen LogP contribution in [0.15, 0.2) is 18.2 Å². The molecule has 1 aliphatic carbocycles. The summed E-state index contributed by atoms with van der Waals surface area (Å²) in [6, 6.07) is 5.83. The number of fused-ring (bicyclic) bond motifs is 1. The maximum Gasteiger partial charge on any atom is 0.328 e. The summed E-state index contributed by atoms with van der Waals surface area (Å²) < 4.78 is 11.5. The number of esters is 1. The van der Waals surface area contributed by atoms with Crippen LogP contribution in [0.4, 0.5) is 10.8 Å². The molecule has 7 heteroatoms. The first kappa shape index (κ1) is 15.7. The largest absolute Gasteiger partial charge is 0.467 e. The van der Waals surface area contributed by atoms with E-state index in [0.717, 1.165) is 60.2 Å². The van der Waals surface area contributed by atoms with Gasteiger partial charge in [-0.3, -0.25) is 0 Å². The number of benzene rings is 1. The van der Waals surface area contributed by atoms with E-state index >= 15 is 0 Å². The van der Waals surface area contributed by atoms with Crippen LogP contribution in [0, 0.1) is 5.92 Å². The summed E-state index contributed by atoms with van der Waals surface area (Å²) >= 11 is 1.69. The first-order valence-corrected chi connectivity index (χ1v) is 9.14. The molecule has 24 heavy (non-hydrogen) atoms. The van der Waals surface area contributed by atoms with Gasteiger partial charge in [-0.1, -0.05) is 11.3 Å². The van der Waals surface area contributed by atoms with Crippen LogP contribution in [-0.2, 0) is 14.3 Å². The number of ether oxygens (including phenoxy) is 2. The van der Waals surface area contributed by atoms with Crippen molar-refractivity contribution in [1.82, 2.24) is 4.98 Å². The van der Waals surface area contributed by atoms with Crippen LogP contribution >= 0.6 is 11.3 Å². The highest BCUT2D eigenvalue weighted by Crippen LogP contribution is 2.36. The summed E-state index contributed by atoms with van der Waals surface area (Å²) in [4.78, 5) is 19.0. The second kappa shape index (κ2) is 6.57. The number of rotatable bonds is 5. The van der Waals surface area contributed by atoms with E-state index in [1.807, 2.05) is 12.1 Å². The Morgan fingerprint density at radius 3 is 2.92 bits per heavy atom. The number of aromatic nitrogens is 1. The first-order valence-electron chi connectivity index (χ1n) is 8.32. The molecule has 2 heterocycles. The second-order valence-corrected chi connectivity index (χ2v) is 7.27. The molecule has 1 N–H and O–H groups in total. The number of anilines is 2. The molecule has 1 saturated carbocycles. The van der Waals surface area contributed by atoms with Crippen molar-refractivity contribution in [1.29, 1.82) is 0 Å². The molecule has 6 nitrogen and oxygen atoms in total. The molecule has 2 aliphatic rings. The quantitative estimate of drug-likeness (QED) is 0.839. The lowest BCUT2D eigenvalue weighted by Crippen LogP contribution is -2.36. The molecule has 4 rings (SSSR count). The van der Waals surface area contributed by atoms with Crippen LogP contribution in [0.25, 0.3) is 10.2 Å². The number of nitrogens with zero attached hydrogens (tertiary/aromatic N) is 2. The number of thiazole rings is 1. The zero-order valence-electron chi connectivity index (χ0n) is 13.7. The number of carbonyl (C=O) groups excluding carboxylic acids is 1. The Labute approximate surface area is 144 Å². The highest BCUT2D eigenvalue weighted by atomic mass is 32.1. The Bertz CT molecular complexity index is 738. The molecule has 128 valence electrons. The number of methoxy groups -OCH3 is 1. The van der Waals surface area contributed by atoms with Gasteiger partial charge in [0.25, 0.3) is 0 Å². The molecule has 2 fully saturated rings. The van der Waals surface area contributed by atoms with Gasteiger partial charge in [-0.15, -0.1) is 0 Å². The highest BCUT2D eigenvalue weighted by Gasteiger charge is 2.37. The normalized spacial score (nSPS) is 19.3. The minimum Gasteiger partial charge on any atom is -0.467 e. The van der Waals surface area contributed by atoms with Crippen molar-refractivity contribution >= 4 is 38.3 Å². The molecular weight excluding hydrogens is 326 g/mol. The monoisotopic (exact) mass is 347 g/mol. The van der Waals surface area contributed by atoms with Gasteiger partial charge in [0, 0.05) is 18.8 Å². The van der Waals surface area contributed by atoms with Gasteiger partial charge in [0.1, 0.15) is 6.04 Å². The number of nitrogens with one attached hydrogen (secondary N) is 1. The average Bonchev–Trinajstić information content (AvgIpc) is 3.38. The van der Waals surface area contributed by atoms with Crippen molar-refractivity contribution in [2.24, 2.45) is 5.92 Å². The molecule has 1 aromatic carbocycles. The van der Waals surface area contributed by atoms with Crippen LogP contribution in [0.3, 0.4) is 0 Å². The molecule has 1 aliphatic heterocycles. The minimum absolute atomic E-state index is 0.184. The number of carbonyl (C=O) groups is 1. The molecule has 0 unspecified atom stereocenters. The molecule has 1 saturated heterocycles. The SMILES string of the molecule is COC(=O)[C@H](Nc1ccc2nc(N3CCOCC3)sc2c1)C1CC1. The van der Waals surface area contributed by atoms with Gasteiger partial charge in [-0.25, -0.2) is 9.78 Å². The summed E-state index contributed by atoms with van der Waals surface area (Å²) in [6.07, 6.45) is 2.16. The van der Waals surface area contributed by atoms with E-state index in [-0.39, 0.29) is 12.0 Å². The van der Waals surface area contributed by atoms with Gasteiger partial charge < -0.3 is 19.7 Å². The van der Waals surface area contributed by atoms with Crippen LogP contribution in [0.1, 0.15) is 12.8 Å². The van der Waals surface area contributed by atoms with E-state index in [4.69, 9.17) is 14.5 Å². The van der Waals surface area contributed by atoms with Crippen LogP contribution < -0.4 is 10.2 Å². The predicted molar refractivity (Wildman–Crippen MR) is 94.8 cm³/mol. The van der Waals surface area contributed by atoms with E-state index in [0.29, 0.717) is 5.92 Å². The van der Waals surface area contributed by atoms with Crippen molar-refractivity contribution in [2.45, 2.75) is 18.9 Å². The average molecular weight is 347 g/mol. The van der Waals surface area contributed by atoms with Gasteiger partial charge in [0.15, 0.2) is 5.13 Å². The maximum atomic E-state index is 12.0. The molecule has 2 aromatic rings. The summed E-state index contributed by atoms with van der Waals surface area (Å²) in [5.74, 6) is 0.203. The van der Waals surface area contributed by atoms with Gasteiger partial charge in [0.2, 0.25) is 0 Å². The molecular formula is C17H21N3O3S. The highest BCUT2D eigenvalue weighted by molar-refractivity contribution is 7.22. The lowest BCUT2D eigenvalue weighted by molar-refractivity contribution is -0.142. The number of hydrogen-bond donors (Lipinski definition) is 1. The third-order valence-corrected chi connectivity index (χ3v) is 5.61. The number of morpholine rings is 1. The molecule has 1 atom stereocenters. The van der Waals surface area contributed by atoms with Crippen molar-refractivity contribution in [2.75, 3.05) is 43.6 Å². The third kappa shape index (κ3) is 3.18. The Morgan fingerprint density at radius 1 is 1.42 bits per heavy atom. The van der Waals surface area contributed by atoms with Crippen molar-refractivity contribution in [3.8, 4) is 0 Å². The van der Waals surface area contributed by atoms with Gasteiger partial charge in [-0.05, 0) is 37.0 Å². The van der Waals surface area contributed by atoms with Crippen LogP contribution in [-0.4, -0.2) is 50.4 Å². The molecule has 0 spiro atoms. The maximum absolute atomic E-state index is 12.0. The van der Waals surface area contributed by atoms with Crippen molar-refractivity contribution < 1.29 is 14.3 Å². The standard InChI is InChI=1S/C17H21N3O3S/c1-22-16(21)15(11-2-3-11)18-12-4-5-13-14(10-12)24-17(19-13)20-6-8-23-9-7-20/h4-5,10-11,15,18H,2-3,6-9H2,1H3/t15-/m1/s1. The Balaban J connectivity index is 1.55. The van der Waals surface area contributed by atoms with E-state index in [1.165, 1.54) is 7.11 Å². The Morgan fingerprint density at radius 2 is 2.21 bits per heavy atom. The van der Waals surface area contributed by atoms with E-state index in [2.05, 4.69) is 16.3 Å². The summed E-state index contributed by atoms with van der Waals surface area (Å²) in [5.41, 5.74) is 1.94. The zero-order valence-corrected chi connectivity index (χ0v) is 14.5. The lowest BCUT2D eigenvalue weighted by Gasteiger charge is -2.25. The third-order valence-electron chi connectivity index (χ3n) is 4.53. The van der Waals surface area contributed by atoms with Gasteiger partial charge in [-0.2, -0.15) is 0 Å². The molecule has 1 aromatic heterocycles. The van der Waals surface area contributed by atoms with Crippen LogP contribution in [0.5, 0.6) is 0 Å². The molecule has 0 amide bonds. The van der Waals surface area contributed by atoms with Crippen molar-refractivity contribution in [3.05, 3.63) is 18.2 Å². The first-order chi connectivity index (χ1) is 11.7. The molecule has 0 bridgehead atoms. The Kier molecular flexibility index (Phi) is 4.28. The summed E-state index contributed by atoms with van der Waals surface area (Å²) in [7, 11) is 1.44. The lowest BCUT2D eigenvalue weighted by atomic mass is 10.1.